The topological polar surface area (TPSA) is 58.4 Å². The summed E-state index contributed by atoms with van der Waals surface area (Å²) in [5.74, 6) is 0.847. The first kappa shape index (κ1) is 15.0. The molecule has 0 unspecified atom stereocenters. The van der Waals surface area contributed by atoms with E-state index >= 15 is 0 Å². The van der Waals surface area contributed by atoms with E-state index in [1.54, 1.807) is 0 Å². The normalized spacial score (nSPS) is 14.8. The van der Waals surface area contributed by atoms with Gasteiger partial charge in [0.15, 0.2) is 0 Å². The summed E-state index contributed by atoms with van der Waals surface area (Å²) in [4.78, 5) is 14.4. The van der Waals surface area contributed by atoms with Crippen LogP contribution in [0.5, 0.6) is 0 Å². The van der Waals surface area contributed by atoms with Crippen molar-refractivity contribution in [3.8, 4) is 0 Å². The summed E-state index contributed by atoms with van der Waals surface area (Å²) < 4.78 is 0. The second-order valence-electron chi connectivity index (χ2n) is 5.92. The van der Waals surface area contributed by atoms with Gasteiger partial charge in [-0.25, -0.2) is 0 Å². The van der Waals surface area contributed by atoms with E-state index < -0.39 is 0 Å². The molecule has 0 aliphatic heterocycles. The first-order chi connectivity index (χ1) is 9.58. The van der Waals surface area contributed by atoms with Gasteiger partial charge in [-0.1, -0.05) is 12.1 Å². The molecule has 0 bridgehead atoms. The molecule has 20 heavy (non-hydrogen) atoms. The van der Waals surface area contributed by atoms with Gasteiger partial charge < -0.3 is 11.1 Å². The Morgan fingerprint density at radius 3 is 2.80 bits per heavy atom. The fraction of sp³-hybridized carbons (Fsp3) is 0.562. The molecular weight excluding hydrogens is 250 g/mol. The van der Waals surface area contributed by atoms with Crippen molar-refractivity contribution < 1.29 is 4.79 Å². The van der Waals surface area contributed by atoms with Gasteiger partial charge in [0, 0.05) is 24.8 Å². The molecule has 110 valence electrons. The Bertz CT molecular complexity index is 455. The Labute approximate surface area is 121 Å². The molecule has 1 aromatic carbocycles. The molecule has 1 aliphatic rings. The minimum absolute atomic E-state index is 0.0496. The maximum absolute atomic E-state index is 12.1. The van der Waals surface area contributed by atoms with Crippen molar-refractivity contribution in [2.45, 2.75) is 39.3 Å². The molecule has 4 heteroatoms. The molecule has 1 fully saturated rings. The second kappa shape index (κ2) is 6.86. The van der Waals surface area contributed by atoms with Crippen LogP contribution in [0.4, 0.5) is 5.69 Å². The summed E-state index contributed by atoms with van der Waals surface area (Å²) in [6, 6.07) is 8.11. The third-order valence-corrected chi connectivity index (χ3v) is 3.71. The average molecular weight is 275 g/mol. The number of carbonyl (C=O) groups is 1. The molecule has 0 heterocycles. The highest BCUT2D eigenvalue weighted by molar-refractivity contribution is 5.92. The number of nitrogens with zero attached hydrogens (tertiary/aromatic N) is 1. The summed E-state index contributed by atoms with van der Waals surface area (Å²) in [5.41, 5.74) is 7.47. The third-order valence-electron chi connectivity index (χ3n) is 3.71. The Morgan fingerprint density at radius 1 is 1.45 bits per heavy atom. The summed E-state index contributed by atoms with van der Waals surface area (Å²) in [6.45, 7) is 6.27. The van der Waals surface area contributed by atoms with Crippen LogP contribution in [0, 0.1) is 5.92 Å². The van der Waals surface area contributed by atoms with Crippen molar-refractivity contribution in [2.24, 2.45) is 11.7 Å². The second-order valence-corrected chi connectivity index (χ2v) is 5.92. The smallest absolute Gasteiger partial charge is 0.238 e. The highest BCUT2D eigenvalue weighted by atomic mass is 16.2. The van der Waals surface area contributed by atoms with Gasteiger partial charge >= 0.3 is 0 Å². The highest BCUT2D eigenvalue weighted by Crippen LogP contribution is 2.30. The molecule has 3 N–H and O–H groups in total. The molecule has 1 aliphatic carbocycles. The van der Waals surface area contributed by atoms with Crippen molar-refractivity contribution in [3.63, 3.8) is 0 Å². The molecule has 1 amide bonds. The van der Waals surface area contributed by atoms with Gasteiger partial charge in [0.1, 0.15) is 0 Å². The summed E-state index contributed by atoms with van der Waals surface area (Å²) in [5, 5.41) is 2.96. The summed E-state index contributed by atoms with van der Waals surface area (Å²) in [6.07, 6.45) is 2.62. The van der Waals surface area contributed by atoms with Gasteiger partial charge in [0.2, 0.25) is 5.91 Å². The van der Waals surface area contributed by atoms with Gasteiger partial charge in [-0.05, 0) is 50.3 Å². The van der Waals surface area contributed by atoms with Crippen LogP contribution in [0.1, 0.15) is 32.3 Å². The summed E-state index contributed by atoms with van der Waals surface area (Å²) >= 11 is 0. The summed E-state index contributed by atoms with van der Waals surface area (Å²) in [7, 11) is 0. The van der Waals surface area contributed by atoms with E-state index in [9.17, 15) is 4.79 Å². The van der Waals surface area contributed by atoms with Gasteiger partial charge in [-0.3, -0.25) is 9.69 Å². The van der Waals surface area contributed by atoms with Crippen molar-refractivity contribution in [3.05, 3.63) is 29.8 Å². The maximum Gasteiger partial charge on any atom is 0.238 e. The first-order valence-corrected chi connectivity index (χ1v) is 7.41. The maximum atomic E-state index is 12.1. The predicted molar refractivity (Wildman–Crippen MR) is 82.4 cm³/mol. The number of rotatable bonds is 7. The number of carbonyl (C=O) groups excluding carboxylic acids is 1. The fourth-order valence-electron chi connectivity index (χ4n) is 2.25. The molecule has 0 saturated heterocycles. The van der Waals surface area contributed by atoms with E-state index in [0.29, 0.717) is 19.1 Å². The predicted octanol–water partition coefficient (Wildman–Crippen LogP) is 2.20. The fourth-order valence-corrected chi connectivity index (χ4v) is 2.25. The van der Waals surface area contributed by atoms with Crippen molar-refractivity contribution >= 4 is 11.6 Å². The number of amides is 1. The molecule has 0 spiro atoms. The molecule has 1 saturated carbocycles. The lowest BCUT2D eigenvalue weighted by atomic mass is 10.2. The van der Waals surface area contributed by atoms with E-state index in [0.717, 1.165) is 23.7 Å². The van der Waals surface area contributed by atoms with Gasteiger partial charge in [0.05, 0.1) is 6.54 Å². The number of nitrogens with one attached hydrogen (secondary N) is 1. The van der Waals surface area contributed by atoms with Crippen LogP contribution in [0.15, 0.2) is 24.3 Å². The average Bonchev–Trinajstić information content (AvgIpc) is 3.22. The van der Waals surface area contributed by atoms with Crippen molar-refractivity contribution in [1.29, 1.82) is 0 Å². The zero-order valence-electron chi connectivity index (χ0n) is 12.4. The minimum atomic E-state index is 0.0496. The van der Waals surface area contributed by atoms with Gasteiger partial charge in [-0.2, -0.15) is 0 Å². The van der Waals surface area contributed by atoms with Crippen molar-refractivity contribution in [2.75, 3.05) is 18.4 Å². The van der Waals surface area contributed by atoms with Crippen LogP contribution >= 0.6 is 0 Å². The van der Waals surface area contributed by atoms with Gasteiger partial charge in [-0.15, -0.1) is 0 Å². The molecule has 4 nitrogen and oxygen atoms in total. The zero-order valence-corrected chi connectivity index (χ0v) is 12.4. The molecule has 2 rings (SSSR count). The first-order valence-electron chi connectivity index (χ1n) is 7.41. The molecule has 0 radical (unpaired) electrons. The Morgan fingerprint density at radius 2 is 2.20 bits per heavy atom. The van der Waals surface area contributed by atoms with Crippen LogP contribution in [0.2, 0.25) is 0 Å². The van der Waals surface area contributed by atoms with Crippen LogP contribution in [-0.2, 0) is 11.3 Å². The van der Waals surface area contributed by atoms with E-state index in [4.69, 9.17) is 5.73 Å². The number of nitrogens with two attached hydrogens (primary N) is 1. The van der Waals surface area contributed by atoms with Crippen LogP contribution in [0.25, 0.3) is 0 Å². The van der Waals surface area contributed by atoms with E-state index in [1.165, 1.54) is 12.8 Å². The minimum Gasteiger partial charge on any atom is -0.326 e. The van der Waals surface area contributed by atoms with E-state index in [2.05, 4.69) is 24.1 Å². The number of hydrogen-bond acceptors (Lipinski definition) is 3. The van der Waals surface area contributed by atoms with Crippen LogP contribution in [0.3, 0.4) is 0 Å². The highest BCUT2D eigenvalue weighted by Gasteiger charge is 2.26. The molecule has 1 aromatic rings. The molecule has 0 aromatic heterocycles. The number of benzene rings is 1. The Kier molecular flexibility index (Phi) is 5.15. The lowest BCUT2D eigenvalue weighted by molar-refractivity contribution is -0.117. The van der Waals surface area contributed by atoms with Gasteiger partial charge in [0.25, 0.3) is 0 Å². The molecule has 0 atom stereocenters. The largest absolute Gasteiger partial charge is 0.326 e. The van der Waals surface area contributed by atoms with Crippen LogP contribution < -0.4 is 11.1 Å². The zero-order chi connectivity index (χ0) is 14.5. The van der Waals surface area contributed by atoms with Crippen LogP contribution in [-0.4, -0.2) is 29.9 Å². The monoisotopic (exact) mass is 275 g/mol. The number of anilines is 1. The molecular formula is C16H25N3O. The lowest BCUT2D eigenvalue weighted by Crippen LogP contribution is -2.39. The van der Waals surface area contributed by atoms with E-state index in [-0.39, 0.29) is 5.91 Å². The standard InChI is InChI=1S/C16H25N3O/c1-12(2)19(10-13-6-7-13)11-16(20)18-15-5-3-4-14(8-15)9-17/h3-5,8,12-13H,6-7,9-11,17H2,1-2H3,(H,18,20). The SMILES string of the molecule is CC(C)N(CC(=O)Nc1cccc(CN)c1)CC1CC1. The quantitative estimate of drug-likeness (QED) is 0.802. The number of hydrogen-bond donors (Lipinski definition) is 2. The van der Waals surface area contributed by atoms with Crippen molar-refractivity contribution in [1.82, 2.24) is 4.90 Å². The van der Waals surface area contributed by atoms with E-state index in [1.807, 2.05) is 24.3 Å². The Hall–Kier alpha value is -1.39. The lowest BCUT2D eigenvalue weighted by Gasteiger charge is -2.25. The third kappa shape index (κ3) is 4.62. The Balaban J connectivity index is 1.89.